The molecule has 0 aliphatic carbocycles. The number of nitrogens with zero attached hydrogens (tertiary/aromatic N) is 1. The van der Waals surface area contributed by atoms with Gasteiger partial charge in [0.05, 0.1) is 24.8 Å². The molecule has 1 aliphatic heterocycles. The number of nitrogens with one attached hydrogen (secondary N) is 1. The van der Waals surface area contributed by atoms with E-state index in [2.05, 4.69) is 22.4 Å². The van der Waals surface area contributed by atoms with Gasteiger partial charge in [0.1, 0.15) is 6.61 Å². The molecule has 2 unspecified atom stereocenters. The van der Waals surface area contributed by atoms with Crippen LogP contribution in [0, 0.1) is 5.92 Å². The molecule has 0 spiro atoms. The lowest BCUT2D eigenvalue weighted by atomic mass is 9.93. The van der Waals surface area contributed by atoms with Crippen LogP contribution in [0.25, 0.3) is 10.9 Å². The molecule has 0 radical (unpaired) electrons. The van der Waals surface area contributed by atoms with Crippen LogP contribution in [-0.4, -0.2) is 43.4 Å². The molecule has 2 atom stereocenters. The van der Waals surface area contributed by atoms with Crippen molar-refractivity contribution in [2.24, 2.45) is 5.92 Å². The van der Waals surface area contributed by atoms with Crippen LogP contribution in [0.1, 0.15) is 12.5 Å². The fourth-order valence-corrected chi connectivity index (χ4v) is 3.02. The molecule has 1 aromatic carbocycles. The number of carbonyl (C=O) groups is 1. The van der Waals surface area contributed by atoms with Crippen molar-refractivity contribution in [1.29, 1.82) is 0 Å². The summed E-state index contributed by atoms with van der Waals surface area (Å²) in [4.78, 5) is 16.3. The summed E-state index contributed by atoms with van der Waals surface area (Å²) in [5, 5.41) is 4.20. The van der Waals surface area contributed by atoms with Gasteiger partial charge in [-0.3, -0.25) is 9.78 Å². The quantitative estimate of drug-likeness (QED) is 0.885. The number of benzene rings is 1. The predicted octanol–water partition coefficient (Wildman–Crippen LogP) is 1.94. The first kappa shape index (κ1) is 15.9. The van der Waals surface area contributed by atoms with Crippen LogP contribution in [0.3, 0.4) is 0 Å². The summed E-state index contributed by atoms with van der Waals surface area (Å²) >= 11 is 0. The van der Waals surface area contributed by atoms with Crippen molar-refractivity contribution in [1.82, 2.24) is 10.3 Å². The molecule has 1 amide bonds. The summed E-state index contributed by atoms with van der Waals surface area (Å²) in [6.45, 7) is 3.75. The van der Waals surface area contributed by atoms with Crippen molar-refractivity contribution in [2.75, 3.05) is 26.4 Å². The minimum Gasteiger partial charge on any atom is -0.379 e. The van der Waals surface area contributed by atoms with E-state index in [1.54, 1.807) is 0 Å². The largest absolute Gasteiger partial charge is 0.379 e. The zero-order valence-corrected chi connectivity index (χ0v) is 13.3. The minimum atomic E-state index is -0.0769. The summed E-state index contributed by atoms with van der Waals surface area (Å²) < 4.78 is 10.7. The normalized spacial score (nSPS) is 20.7. The van der Waals surface area contributed by atoms with Crippen molar-refractivity contribution in [2.45, 2.75) is 19.4 Å². The Bertz CT molecular complexity index is 669. The van der Waals surface area contributed by atoms with Crippen LogP contribution < -0.4 is 5.32 Å². The average Bonchev–Trinajstić information content (AvgIpc) is 3.00. The highest BCUT2D eigenvalue weighted by Gasteiger charge is 2.30. The van der Waals surface area contributed by atoms with Crippen LogP contribution in [0.2, 0.25) is 0 Å². The lowest BCUT2D eigenvalue weighted by molar-refractivity contribution is -0.126. The van der Waals surface area contributed by atoms with Gasteiger partial charge in [-0.15, -0.1) is 0 Å². The molecule has 1 aromatic heterocycles. The summed E-state index contributed by atoms with van der Waals surface area (Å²) in [7, 11) is 0. The SMILES string of the molecule is CCOCC(=O)NC1COCC1Cc1ccnc2ccccc12. The van der Waals surface area contributed by atoms with E-state index in [4.69, 9.17) is 9.47 Å². The van der Waals surface area contributed by atoms with Crippen molar-refractivity contribution in [3.8, 4) is 0 Å². The van der Waals surface area contributed by atoms with E-state index in [1.807, 2.05) is 31.3 Å². The molecule has 0 bridgehead atoms. The lowest BCUT2D eigenvalue weighted by Gasteiger charge is -2.19. The summed E-state index contributed by atoms with van der Waals surface area (Å²) in [6.07, 6.45) is 2.71. The van der Waals surface area contributed by atoms with E-state index in [1.165, 1.54) is 10.9 Å². The van der Waals surface area contributed by atoms with E-state index in [-0.39, 0.29) is 24.5 Å². The molecule has 1 aliphatic rings. The highest BCUT2D eigenvalue weighted by Crippen LogP contribution is 2.24. The van der Waals surface area contributed by atoms with Gasteiger partial charge in [-0.2, -0.15) is 0 Å². The molecule has 23 heavy (non-hydrogen) atoms. The molecule has 1 fully saturated rings. The van der Waals surface area contributed by atoms with Gasteiger partial charge in [-0.1, -0.05) is 18.2 Å². The molecule has 122 valence electrons. The Kier molecular flexibility index (Phi) is 5.20. The minimum absolute atomic E-state index is 0.0369. The molecule has 2 aromatic rings. The van der Waals surface area contributed by atoms with Crippen LogP contribution in [0.5, 0.6) is 0 Å². The number of fused-ring (bicyclic) bond motifs is 1. The van der Waals surface area contributed by atoms with E-state index < -0.39 is 0 Å². The van der Waals surface area contributed by atoms with Gasteiger partial charge < -0.3 is 14.8 Å². The van der Waals surface area contributed by atoms with Crippen molar-refractivity contribution < 1.29 is 14.3 Å². The molecule has 0 saturated carbocycles. The number of aromatic nitrogens is 1. The summed E-state index contributed by atoms with van der Waals surface area (Å²) in [5.74, 6) is 0.193. The highest BCUT2D eigenvalue weighted by molar-refractivity contribution is 5.82. The molecule has 2 heterocycles. The molecule has 5 heteroatoms. The number of pyridine rings is 1. The fraction of sp³-hybridized carbons (Fsp3) is 0.444. The van der Waals surface area contributed by atoms with Gasteiger partial charge in [0.2, 0.25) is 5.91 Å². The van der Waals surface area contributed by atoms with E-state index in [9.17, 15) is 4.79 Å². The molecule has 1 saturated heterocycles. The number of carbonyl (C=O) groups excluding carboxylic acids is 1. The Morgan fingerprint density at radius 2 is 2.22 bits per heavy atom. The molecule has 5 nitrogen and oxygen atoms in total. The molecular weight excluding hydrogens is 292 g/mol. The topological polar surface area (TPSA) is 60.5 Å². The highest BCUT2D eigenvalue weighted by atomic mass is 16.5. The number of hydrogen-bond acceptors (Lipinski definition) is 4. The first-order valence-corrected chi connectivity index (χ1v) is 8.05. The van der Waals surface area contributed by atoms with E-state index >= 15 is 0 Å². The first-order valence-electron chi connectivity index (χ1n) is 8.05. The Labute approximate surface area is 136 Å². The summed E-state index contributed by atoms with van der Waals surface area (Å²) in [6, 6.07) is 10.2. The monoisotopic (exact) mass is 314 g/mol. The number of amides is 1. The maximum absolute atomic E-state index is 11.9. The Morgan fingerprint density at radius 3 is 3.09 bits per heavy atom. The van der Waals surface area contributed by atoms with E-state index in [0.29, 0.717) is 19.8 Å². The second-order valence-electron chi connectivity index (χ2n) is 5.80. The number of hydrogen-bond donors (Lipinski definition) is 1. The van der Waals surface area contributed by atoms with Crippen molar-refractivity contribution in [3.63, 3.8) is 0 Å². The summed E-state index contributed by atoms with van der Waals surface area (Å²) in [5.41, 5.74) is 2.25. The van der Waals surface area contributed by atoms with Crippen LogP contribution in [0.4, 0.5) is 0 Å². The standard InChI is InChI=1S/C18H22N2O3/c1-2-22-12-18(21)20-17-11-23-10-14(17)9-13-7-8-19-16-6-4-3-5-15(13)16/h3-8,14,17H,2,9-12H2,1H3,(H,20,21). The third-order valence-electron chi connectivity index (χ3n) is 4.20. The zero-order valence-electron chi connectivity index (χ0n) is 13.3. The van der Waals surface area contributed by atoms with Gasteiger partial charge in [-0.25, -0.2) is 0 Å². The first-order chi connectivity index (χ1) is 11.3. The van der Waals surface area contributed by atoms with Gasteiger partial charge >= 0.3 is 0 Å². The number of ether oxygens (including phenoxy) is 2. The molecular formula is C18H22N2O3. The Balaban J connectivity index is 1.69. The Hall–Kier alpha value is -1.98. The van der Waals surface area contributed by atoms with Crippen LogP contribution in [-0.2, 0) is 20.7 Å². The van der Waals surface area contributed by atoms with Gasteiger partial charge in [0, 0.05) is 24.1 Å². The van der Waals surface area contributed by atoms with Gasteiger partial charge in [0.15, 0.2) is 0 Å². The lowest BCUT2D eigenvalue weighted by Crippen LogP contribution is -2.42. The third kappa shape index (κ3) is 3.86. The predicted molar refractivity (Wildman–Crippen MR) is 88.2 cm³/mol. The average molecular weight is 314 g/mol. The van der Waals surface area contributed by atoms with E-state index in [0.717, 1.165) is 11.9 Å². The maximum Gasteiger partial charge on any atom is 0.246 e. The maximum atomic E-state index is 11.9. The zero-order chi connectivity index (χ0) is 16.1. The van der Waals surface area contributed by atoms with Gasteiger partial charge in [-0.05, 0) is 31.0 Å². The van der Waals surface area contributed by atoms with Gasteiger partial charge in [0.25, 0.3) is 0 Å². The number of rotatable bonds is 6. The van der Waals surface area contributed by atoms with Crippen LogP contribution in [0.15, 0.2) is 36.5 Å². The van der Waals surface area contributed by atoms with Crippen molar-refractivity contribution >= 4 is 16.8 Å². The Morgan fingerprint density at radius 1 is 1.35 bits per heavy atom. The number of para-hydroxylation sites is 1. The third-order valence-corrected chi connectivity index (χ3v) is 4.20. The van der Waals surface area contributed by atoms with Crippen molar-refractivity contribution in [3.05, 3.63) is 42.1 Å². The second kappa shape index (κ2) is 7.53. The smallest absolute Gasteiger partial charge is 0.246 e. The van der Waals surface area contributed by atoms with Crippen LogP contribution >= 0.6 is 0 Å². The second-order valence-corrected chi connectivity index (χ2v) is 5.80. The fourth-order valence-electron chi connectivity index (χ4n) is 3.02. The molecule has 3 rings (SSSR count). The molecule has 1 N–H and O–H groups in total.